The fourth-order valence-electron chi connectivity index (χ4n) is 2.78. The fourth-order valence-corrected chi connectivity index (χ4v) is 3.18. The van der Waals surface area contributed by atoms with Gasteiger partial charge in [-0.2, -0.15) is 23.3 Å². The minimum atomic E-state index is -5.09. The normalized spacial score (nSPS) is 19.5. The molecule has 0 fully saturated rings. The van der Waals surface area contributed by atoms with Crippen molar-refractivity contribution in [3.63, 3.8) is 0 Å². The number of nitrogens with zero attached hydrogens (tertiary/aromatic N) is 2. The number of alkyl halides is 3. The third-order valence-electron chi connectivity index (χ3n) is 4.28. The molecule has 5 nitrogen and oxygen atoms in total. The van der Waals surface area contributed by atoms with Crippen molar-refractivity contribution in [3.05, 3.63) is 64.1 Å². The van der Waals surface area contributed by atoms with Crippen molar-refractivity contribution in [2.45, 2.75) is 25.2 Å². The summed E-state index contributed by atoms with van der Waals surface area (Å²) in [5.74, 6) is -0.741. The van der Waals surface area contributed by atoms with Crippen molar-refractivity contribution in [1.82, 2.24) is 5.01 Å². The predicted molar refractivity (Wildman–Crippen MR) is 99.8 cm³/mol. The molecule has 0 saturated heterocycles. The summed E-state index contributed by atoms with van der Waals surface area (Å²) in [4.78, 5) is 12.5. The molecule has 0 bridgehead atoms. The molecule has 1 aliphatic rings. The predicted octanol–water partition coefficient (Wildman–Crippen LogP) is 4.02. The second-order valence-corrected chi connectivity index (χ2v) is 7.22. The van der Waals surface area contributed by atoms with Gasteiger partial charge in [-0.1, -0.05) is 46.3 Å². The Kier molecular flexibility index (Phi) is 5.49. The van der Waals surface area contributed by atoms with Crippen LogP contribution in [0.2, 0.25) is 0 Å². The third kappa shape index (κ3) is 3.90. The second-order valence-electron chi connectivity index (χ2n) is 6.31. The standard InChI is InChI=1S/C19H16BrF3N2O3/c1-12-5-2-3-8-16(12)28-11-17(26)25-18(27,19(21,22)23)10-15(24-25)13-6-4-7-14(20)9-13/h2-9,27H,10-11H2,1H3. The Bertz CT molecular complexity index is 933. The van der Waals surface area contributed by atoms with Gasteiger partial charge in [0, 0.05) is 4.47 Å². The molecule has 1 unspecified atom stereocenters. The van der Waals surface area contributed by atoms with Crippen LogP contribution in [0.1, 0.15) is 17.5 Å². The lowest BCUT2D eigenvalue weighted by atomic mass is 10.0. The van der Waals surface area contributed by atoms with E-state index < -0.39 is 30.8 Å². The first-order valence-electron chi connectivity index (χ1n) is 8.26. The van der Waals surface area contributed by atoms with Gasteiger partial charge >= 0.3 is 6.18 Å². The minimum Gasteiger partial charge on any atom is -0.483 e. The lowest BCUT2D eigenvalue weighted by molar-refractivity contribution is -0.302. The lowest BCUT2D eigenvalue weighted by Crippen LogP contribution is -2.57. The fraction of sp³-hybridized carbons (Fsp3) is 0.263. The monoisotopic (exact) mass is 456 g/mol. The topological polar surface area (TPSA) is 62.1 Å². The molecule has 1 atom stereocenters. The van der Waals surface area contributed by atoms with E-state index >= 15 is 0 Å². The zero-order chi connectivity index (χ0) is 20.5. The maximum Gasteiger partial charge on any atom is 0.438 e. The maximum absolute atomic E-state index is 13.6. The van der Waals surface area contributed by atoms with Gasteiger partial charge in [-0.3, -0.25) is 4.79 Å². The summed E-state index contributed by atoms with van der Waals surface area (Å²) in [6, 6.07) is 13.2. The highest BCUT2D eigenvalue weighted by Crippen LogP contribution is 2.41. The van der Waals surface area contributed by atoms with Crippen LogP contribution in [0, 0.1) is 6.92 Å². The Hall–Kier alpha value is -2.39. The van der Waals surface area contributed by atoms with E-state index in [-0.39, 0.29) is 10.7 Å². The van der Waals surface area contributed by atoms with E-state index in [9.17, 15) is 23.1 Å². The Labute approximate surface area is 167 Å². The van der Waals surface area contributed by atoms with Crippen LogP contribution < -0.4 is 4.74 Å². The van der Waals surface area contributed by atoms with Crippen molar-refractivity contribution in [3.8, 4) is 5.75 Å². The molecule has 0 spiro atoms. The highest BCUT2D eigenvalue weighted by molar-refractivity contribution is 9.10. The number of ether oxygens (including phenoxy) is 1. The number of carbonyl (C=O) groups is 1. The average Bonchev–Trinajstić information content (AvgIpc) is 3.00. The van der Waals surface area contributed by atoms with Crippen molar-refractivity contribution >= 4 is 27.5 Å². The number of benzene rings is 2. The molecular formula is C19H16BrF3N2O3. The smallest absolute Gasteiger partial charge is 0.438 e. The molecule has 3 rings (SSSR count). The molecule has 9 heteroatoms. The van der Waals surface area contributed by atoms with E-state index in [1.165, 1.54) is 0 Å². The van der Waals surface area contributed by atoms with Crippen LogP contribution in [-0.4, -0.2) is 40.2 Å². The maximum atomic E-state index is 13.6. The molecule has 0 radical (unpaired) electrons. The number of para-hydroxylation sites is 1. The van der Waals surface area contributed by atoms with Gasteiger partial charge in [0.15, 0.2) is 6.61 Å². The Morgan fingerprint density at radius 1 is 1.29 bits per heavy atom. The minimum absolute atomic E-state index is 0.0506. The molecule has 1 aliphatic heterocycles. The molecule has 2 aromatic carbocycles. The van der Waals surface area contributed by atoms with Gasteiger partial charge in [-0.05, 0) is 36.2 Å². The summed E-state index contributed by atoms with van der Waals surface area (Å²) in [6.45, 7) is 1.05. The van der Waals surface area contributed by atoms with Gasteiger partial charge in [-0.25, -0.2) is 0 Å². The van der Waals surface area contributed by atoms with Gasteiger partial charge in [0.1, 0.15) is 5.75 Å². The summed E-state index contributed by atoms with van der Waals surface area (Å²) in [7, 11) is 0. The van der Waals surface area contributed by atoms with Crippen LogP contribution in [0.4, 0.5) is 13.2 Å². The Balaban J connectivity index is 1.88. The number of aliphatic hydroxyl groups is 1. The first kappa shape index (κ1) is 20.3. The summed E-state index contributed by atoms with van der Waals surface area (Å²) >= 11 is 3.24. The van der Waals surface area contributed by atoms with Gasteiger partial charge < -0.3 is 9.84 Å². The van der Waals surface area contributed by atoms with Gasteiger partial charge in [0.2, 0.25) is 0 Å². The van der Waals surface area contributed by atoms with Crippen LogP contribution in [0.5, 0.6) is 5.75 Å². The molecule has 1 heterocycles. The number of rotatable bonds is 4. The largest absolute Gasteiger partial charge is 0.483 e. The molecule has 1 amide bonds. The number of hydrogen-bond acceptors (Lipinski definition) is 4. The first-order chi connectivity index (χ1) is 13.1. The van der Waals surface area contributed by atoms with E-state index in [0.29, 0.717) is 15.8 Å². The average molecular weight is 457 g/mol. The van der Waals surface area contributed by atoms with Crippen molar-refractivity contribution in [2.24, 2.45) is 5.10 Å². The molecule has 148 valence electrons. The highest BCUT2D eigenvalue weighted by atomic mass is 79.9. The quantitative estimate of drug-likeness (QED) is 0.755. The molecule has 1 N–H and O–H groups in total. The highest BCUT2D eigenvalue weighted by Gasteiger charge is 2.63. The summed E-state index contributed by atoms with van der Waals surface area (Å²) in [5, 5.41) is 14.2. The van der Waals surface area contributed by atoms with Crippen LogP contribution in [0.25, 0.3) is 0 Å². The van der Waals surface area contributed by atoms with Crippen LogP contribution >= 0.6 is 15.9 Å². The number of hydrazone groups is 1. The molecule has 0 aromatic heterocycles. The lowest BCUT2D eigenvalue weighted by Gasteiger charge is -2.32. The third-order valence-corrected chi connectivity index (χ3v) is 4.77. The number of carbonyl (C=O) groups excluding carboxylic acids is 1. The molecule has 0 aliphatic carbocycles. The first-order valence-corrected chi connectivity index (χ1v) is 9.05. The molecule has 28 heavy (non-hydrogen) atoms. The summed E-state index contributed by atoms with van der Waals surface area (Å²) < 4.78 is 46.7. The Morgan fingerprint density at radius 3 is 2.64 bits per heavy atom. The van der Waals surface area contributed by atoms with Crippen LogP contribution in [0.3, 0.4) is 0 Å². The van der Waals surface area contributed by atoms with E-state index in [4.69, 9.17) is 4.74 Å². The molecule has 0 saturated carbocycles. The zero-order valence-corrected chi connectivity index (χ0v) is 16.3. The molecular weight excluding hydrogens is 441 g/mol. The second kappa shape index (κ2) is 7.56. The van der Waals surface area contributed by atoms with Gasteiger partial charge in [0.05, 0.1) is 12.1 Å². The van der Waals surface area contributed by atoms with Crippen molar-refractivity contribution in [2.75, 3.05) is 6.61 Å². The van der Waals surface area contributed by atoms with E-state index in [1.54, 1.807) is 55.5 Å². The van der Waals surface area contributed by atoms with E-state index in [1.807, 2.05) is 0 Å². The van der Waals surface area contributed by atoms with Crippen molar-refractivity contribution in [1.29, 1.82) is 0 Å². The van der Waals surface area contributed by atoms with Gasteiger partial charge in [-0.15, -0.1) is 0 Å². The number of halogens is 4. The van der Waals surface area contributed by atoms with E-state index in [0.717, 1.165) is 5.56 Å². The van der Waals surface area contributed by atoms with Crippen LogP contribution in [0.15, 0.2) is 58.1 Å². The summed E-state index contributed by atoms with van der Waals surface area (Å²) in [5.41, 5.74) is -2.39. The number of hydrogen-bond donors (Lipinski definition) is 1. The van der Waals surface area contributed by atoms with E-state index in [2.05, 4.69) is 21.0 Å². The number of aryl methyl sites for hydroxylation is 1. The summed E-state index contributed by atoms with van der Waals surface area (Å²) in [6.07, 6.45) is -5.97. The van der Waals surface area contributed by atoms with Crippen LogP contribution in [-0.2, 0) is 4.79 Å². The SMILES string of the molecule is Cc1ccccc1OCC(=O)N1N=C(c2cccc(Br)c2)CC1(O)C(F)(F)F. The number of amides is 1. The Morgan fingerprint density at radius 2 is 2.00 bits per heavy atom. The van der Waals surface area contributed by atoms with Gasteiger partial charge in [0.25, 0.3) is 11.6 Å². The van der Waals surface area contributed by atoms with Crippen molar-refractivity contribution < 1.29 is 27.8 Å². The zero-order valence-electron chi connectivity index (χ0n) is 14.7. The molecule has 2 aromatic rings.